The van der Waals surface area contributed by atoms with Crippen LogP contribution in [-0.4, -0.2) is 18.0 Å². The largest absolute Gasteiger partial charge is 0.380 e. The standard InChI is InChI=1S/C21H22N2O2S2/c1-15-23-19(13-26-15)14-27-20-9-7-16(8-10-20)21(24)22-11-17-5-3-4-6-18(17)12-25-2/h3-10,13H,11-12,14H2,1-2H3,(H,22,24). The summed E-state index contributed by atoms with van der Waals surface area (Å²) in [7, 11) is 1.67. The predicted molar refractivity (Wildman–Crippen MR) is 111 cm³/mol. The Balaban J connectivity index is 1.54. The highest BCUT2D eigenvalue weighted by atomic mass is 32.2. The lowest BCUT2D eigenvalue weighted by atomic mass is 10.1. The third-order valence-electron chi connectivity index (χ3n) is 4.03. The lowest BCUT2D eigenvalue weighted by Gasteiger charge is -2.10. The fraction of sp³-hybridized carbons (Fsp3) is 0.238. The van der Waals surface area contributed by atoms with Crippen LogP contribution < -0.4 is 5.32 Å². The van der Waals surface area contributed by atoms with Crippen molar-refractivity contribution in [3.8, 4) is 0 Å². The van der Waals surface area contributed by atoms with Gasteiger partial charge in [-0.3, -0.25) is 4.79 Å². The molecule has 4 nitrogen and oxygen atoms in total. The van der Waals surface area contributed by atoms with E-state index < -0.39 is 0 Å². The minimum absolute atomic E-state index is 0.0751. The van der Waals surface area contributed by atoms with E-state index in [-0.39, 0.29) is 5.91 Å². The van der Waals surface area contributed by atoms with Crippen LogP contribution in [0, 0.1) is 6.92 Å². The van der Waals surface area contributed by atoms with Crippen LogP contribution in [0.3, 0.4) is 0 Å². The van der Waals surface area contributed by atoms with Gasteiger partial charge in [0, 0.05) is 35.2 Å². The zero-order valence-corrected chi connectivity index (χ0v) is 17.0. The number of thiazole rings is 1. The van der Waals surface area contributed by atoms with Gasteiger partial charge in [-0.1, -0.05) is 24.3 Å². The zero-order chi connectivity index (χ0) is 19.1. The van der Waals surface area contributed by atoms with E-state index in [0.29, 0.717) is 18.7 Å². The Morgan fingerprint density at radius 1 is 1.15 bits per heavy atom. The summed E-state index contributed by atoms with van der Waals surface area (Å²) in [4.78, 5) is 18.0. The number of nitrogens with zero attached hydrogens (tertiary/aromatic N) is 1. The molecule has 3 rings (SSSR count). The van der Waals surface area contributed by atoms with Crippen molar-refractivity contribution in [1.29, 1.82) is 0 Å². The molecule has 0 saturated carbocycles. The van der Waals surface area contributed by atoms with Gasteiger partial charge in [-0.05, 0) is 42.3 Å². The van der Waals surface area contributed by atoms with E-state index in [4.69, 9.17) is 4.74 Å². The number of hydrogen-bond donors (Lipinski definition) is 1. The third kappa shape index (κ3) is 5.66. The monoisotopic (exact) mass is 398 g/mol. The van der Waals surface area contributed by atoms with Crippen LogP contribution in [0.2, 0.25) is 0 Å². The molecule has 1 amide bonds. The Bertz CT molecular complexity index is 891. The molecule has 0 fully saturated rings. The molecule has 0 radical (unpaired) electrons. The molecule has 1 N–H and O–H groups in total. The number of nitrogens with one attached hydrogen (secondary N) is 1. The smallest absolute Gasteiger partial charge is 0.251 e. The number of aryl methyl sites for hydroxylation is 1. The summed E-state index contributed by atoms with van der Waals surface area (Å²) < 4.78 is 5.21. The molecular weight excluding hydrogens is 376 g/mol. The van der Waals surface area contributed by atoms with Crippen molar-refractivity contribution in [2.24, 2.45) is 0 Å². The summed E-state index contributed by atoms with van der Waals surface area (Å²) in [5.41, 5.74) is 3.91. The molecule has 3 aromatic rings. The molecule has 0 atom stereocenters. The van der Waals surface area contributed by atoms with Gasteiger partial charge in [-0.2, -0.15) is 0 Å². The molecule has 0 saturated heterocycles. The number of hydrogen-bond acceptors (Lipinski definition) is 5. The van der Waals surface area contributed by atoms with Crippen molar-refractivity contribution in [1.82, 2.24) is 10.3 Å². The van der Waals surface area contributed by atoms with Gasteiger partial charge >= 0.3 is 0 Å². The maximum absolute atomic E-state index is 12.4. The molecule has 0 aliphatic rings. The molecule has 140 valence electrons. The number of ether oxygens (including phenoxy) is 1. The van der Waals surface area contributed by atoms with Crippen molar-refractivity contribution in [2.75, 3.05) is 7.11 Å². The van der Waals surface area contributed by atoms with Crippen molar-refractivity contribution in [2.45, 2.75) is 30.7 Å². The summed E-state index contributed by atoms with van der Waals surface area (Å²) in [6, 6.07) is 15.7. The van der Waals surface area contributed by atoms with Crippen molar-refractivity contribution < 1.29 is 9.53 Å². The van der Waals surface area contributed by atoms with E-state index in [1.165, 1.54) is 0 Å². The van der Waals surface area contributed by atoms with E-state index in [9.17, 15) is 4.79 Å². The number of aromatic nitrogens is 1. The van der Waals surface area contributed by atoms with Gasteiger partial charge in [0.2, 0.25) is 0 Å². The SMILES string of the molecule is COCc1ccccc1CNC(=O)c1ccc(SCc2csc(C)n2)cc1. The molecule has 0 aliphatic heterocycles. The van der Waals surface area contributed by atoms with Crippen LogP contribution in [0.4, 0.5) is 0 Å². The fourth-order valence-electron chi connectivity index (χ4n) is 2.64. The summed E-state index contributed by atoms with van der Waals surface area (Å²) in [6.07, 6.45) is 0. The molecular formula is C21H22N2O2S2. The van der Waals surface area contributed by atoms with Crippen LogP contribution in [0.5, 0.6) is 0 Å². The molecule has 0 bridgehead atoms. The highest BCUT2D eigenvalue weighted by Crippen LogP contribution is 2.24. The first kappa shape index (κ1) is 19.6. The number of amides is 1. The zero-order valence-electron chi connectivity index (χ0n) is 15.4. The van der Waals surface area contributed by atoms with Crippen LogP contribution in [0.1, 0.15) is 32.2 Å². The second-order valence-corrected chi connectivity index (χ2v) is 8.17. The van der Waals surface area contributed by atoms with Crippen LogP contribution >= 0.6 is 23.1 Å². The number of carbonyl (C=O) groups is 1. The van der Waals surface area contributed by atoms with Crippen LogP contribution in [-0.2, 0) is 23.6 Å². The third-order valence-corrected chi connectivity index (χ3v) is 5.90. The summed E-state index contributed by atoms with van der Waals surface area (Å²) in [6.45, 7) is 3.04. The van der Waals surface area contributed by atoms with Gasteiger partial charge in [0.1, 0.15) is 0 Å². The van der Waals surface area contributed by atoms with E-state index in [0.717, 1.165) is 32.5 Å². The van der Waals surface area contributed by atoms with Gasteiger partial charge in [-0.15, -0.1) is 23.1 Å². The van der Waals surface area contributed by atoms with E-state index in [1.807, 2.05) is 55.5 Å². The van der Waals surface area contributed by atoms with E-state index in [1.54, 1.807) is 30.2 Å². The Kier molecular flexibility index (Phi) is 7.04. The summed E-state index contributed by atoms with van der Waals surface area (Å²) in [5, 5.41) is 6.16. The van der Waals surface area contributed by atoms with Gasteiger partial charge in [0.25, 0.3) is 5.91 Å². The molecule has 0 aliphatic carbocycles. The Hall–Kier alpha value is -2.15. The maximum Gasteiger partial charge on any atom is 0.251 e. The Labute approximate surface area is 168 Å². The van der Waals surface area contributed by atoms with Crippen LogP contribution in [0.15, 0.2) is 58.8 Å². The molecule has 1 heterocycles. The molecule has 0 unspecified atom stereocenters. The highest BCUT2D eigenvalue weighted by molar-refractivity contribution is 7.98. The minimum atomic E-state index is -0.0751. The fourth-order valence-corrected chi connectivity index (χ4v) is 4.15. The normalized spacial score (nSPS) is 10.7. The first-order chi connectivity index (χ1) is 13.2. The van der Waals surface area contributed by atoms with Gasteiger partial charge in [0.05, 0.1) is 17.3 Å². The molecule has 1 aromatic heterocycles. The van der Waals surface area contributed by atoms with Gasteiger partial charge in [-0.25, -0.2) is 4.98 Å². The highest BCUT2D eigenvalue weighted by Gasteiger charge is 2.08. The van der Waals surface area contributed by atoms with Gasteiger partial charge < -0.3 is 10.1 Å². The predicted octanol–water partition coefficient (Wildman–Crippen LogP) is 4.82. The molecule has 2 aromatic carbocycles. The van der Waals surface area contributed by atoms with Crippen molar-refractivity contribution in [3.63, 3.8) is 0 Å². The van der Waals surface area contributed by atoms with E-state index in [2.05, 4.69) is 15.7 Å². The lowest BCUT2D eigenvalue weighted by molar-refractivity contribution is 0.0950. The number of carbonyl (C=O) groups excluding carboxylic acids is 1. The molecule has 6 heteroatoms. The second-order valence-electron chi connectivity index (χ2n) is 6.06. The van der Waals surface area contributed by atoms with Gasteiger partial charge in [0.15, 0.2) is 0 Å². The lowest BCUT2D eigenvalue weighted by Crippen LogP contribution is -2.23. The van der Waals surface area contributed by atoms with Crippen molar-refractivity contribution in [3.05, 3.63) is 81.3 Å². The topological polar surface area (TPSA) is 51.2 Å². The Morgan fingerprint density at radius 2 is 1.89 bits per heavy atom. The first-order valence-electron chi connectivity index (χ1n) is 8.63. The maximum atomic E-state index is 12.4. The van der Waals surface area contributed by atoms with Crippen molar-refractivity contribution >= 4 is 29.0 Å². The first-order valence-corrected chi connectivity index (χ1v) is 10.5. The second kappa shape index (κ2) is 9.69. The quantitative estimate of drug-likeness (QED) is 0.553. The molecule has 27 heavy (non-hydrogen) atoms. The van der Waals surface area contributed by atoms with E-state index >= 15 is 0 Å². The van der Waals surface area contributed by atoms with Crippen LogP contribution in [0.25, 0.3) is 0 Å². The Morgan fingerprint density at radius 3 is 2.56 bits per heavy atom. The summed E-state index contributed by atoms with van der Waals surface area (Å²) in [5.74, 6) is 0.764. The average molecular weight is 399 g/mol. The average Bonchev–Trinajstić information content (AvgIpc) is 3.11. The summed E-state index contributed by atoms with van der Waals surface area (Å²) >= 11 is 3.39. The minimum Gasteiger partial charge on any atom is -0.380 e. The number of rotatable bonds is 8. The number of benzene rings is 2. The number of methoxy groups -OCH3 is 1. The number of thioether (sulfide) groups is 1. The molecule has 0 spiro atoms.